The maximum absolute atomic E-state index is 14.1. The summed E-state index contributed by atoms with van der Waals surface area (Å²) < 4.78 is 16.1. The SMILES string of the molecule is O=C(Nc1ccccc1-n1ncc2c(=O)[nH]cnc21)c1ccc(Br)cc1F. The van der Waals surface area contributed by atoms with Crippen LogP contribution in [-0.4, -0.2) is 25.7 Å². The van der Waals surface area contributed by atoms with Gasteiger partial charge in [-0.2, -0.15) is 5.10 Å². The van der Waals surface area contributed by atoms with Crippen molar-refractivity contribution in [3.8, 4) is 5.69 Å². The van der Waals surface area contributed by atoms with E-state index in [0.29, 0.717) is 26.9 Å². The lowest BCUT2D eigenvalue weighted by atomic mass is 10.2. The van der Waals surface area contributed by atoms with Crippen LogP contribution in [0.1, 0.15) is 10.4 Å². The van der Waals surface area contributed by atoms with Crippen molar-refractivity contribution in [2.45, 2.75) is 0 Å². The number of aromatic amines is 1. The van der Waals surface area contributed by atoms with E-state index in [1.807, 2.05) is 0 Å². The van der Waals surface area contributed by atoms with Crippen molar-refractivity contribution in [1.29, 1.82) is 0 Å². The van der Waals surface area contributed by atoms with Gasteiger partial charge in [0, 0.05) is 4.47 Å². The molecule has 2 aromatic heterocycles. The number of H-pyrrole nitrogens is 1. The average Bonchev–Trinajstić information content (AvgIpc) is 3.07. The Hall–Kier alpha value is -3.33. The van der Waals surface area contributed by atoms with Crippen molar-refractivity contribution < 1.29 is 9.18 Å². The van der Waals surface area contributed by atoms with Gasteiger partial charge in [-0.15, -0.1) is 0 Å². The third kappa shape index (κ3) is 3.13. The van der Waals surface area contributed by atoms with Gasteiger partial charge in [-0.05, 0) is 30.3 Å². The van der Waals surface area contributed by atoms with Gasteiger partial charge in [0.1, 0.15) is 11.2 Å². The maximum atomic E-state index is 14.1. The largest absolute Gasteiger partial charge is 0.320 e. The predicted molar refractivity (Wildman–Crippen MR) is 102 cm³/mol. The number of carbonyl (C=O) groups is 1. The molecule has 27 heavy (non-hydrogen) atoms. The number of hydrogen-bond donors (Lipinski definition) is 2. The van der Waals surface area contributed by atoms with Gasteiger partial charge in [-0.1, -0.05) is 28.1 Å². The predicted octanol–water partition coefficient (Wildman–Crippen LogP) is 3.26. The number of benzene rings is 2. The van der Waals surface area contributed by atoms with Crippen LogP contribution in [0.3, 0.4) is 0 Å². The summed E-state index contributed by atoms with van der Waals surface area (Å²) in [5.41, 5.74) is 0.834. The van der Waals surface area contributed by atoms with Crippen LogP contribution in [0.5, 0.6) is 0 Å². The molecule has 0 aliphatic rings. The zero-order valence-corrected chi connectivity index (χ0v) is 15.2. The Morgan fingerprint density at radius 3 is 2.85 bits per heavy atom. The molecule has 2 aromatic carbocycles. The highest BCUT2D eigenvalue weighted by Gasteiger charge is 2.16. The number of fused-ring (bicyclic) bond motifs is 1. The molecule has 0 unspecified atom stereocenters. The molecule has 2 heterocycles. The smallest absolute Gasteiger partial charge is 0.261 e. The van der Waals surface area contributed by atoms with E-state index in [4.69, 9.17) is 0 Å². The Morgan fingerprint density at radius 1 is 1.22 bits per heavy atom. The molecule has 0 bridgehead atoms. The van der Waals surface area contributed by atoms with Gasteiger partial charge in [-0.25, -0.2) is 14.1 Å². The molecule has 0 radical (unpaired) electrons. The minimum atomic E-state index is -0.642. The first-order valence-corrected chi connectivity index (χ1v) is 8.61. The van der Waals surface area contributed by atoms with E-state index < -0.39 is 11.7 Å². The second-order valence-electron chi connectivity index (χ2n) is 5.62. The number of aromatic nitrogens is 4. The zero-order chi connectivity index (χ0) is 19.0. The Balaban J connectivity index is 1.76. The summed E-state index contributed by atoms with van der Waals surface area (Å²) in [5, 5.41) is 7.20. The van der Waals surface area contributed by atoms with E-state index in [1.54, 1.807) is 30.3 Å². The van der Waals surface area contributed by atoms with Crippen molar-refractivity contribution in [1.82, 2.24) is 19.7 Å². The van der Waals surface area contributed by atoms with Gasteiger partial charge in [0.25, 0.3) is 11.5 Å². The summed E-state index contributed by atoms with van der Waals surface area (Å²) in [5.74, 6) is -1.24. The summed E-state index contributed by atoms with van der Waals surface area (Å²) in [6.45, 7) is 0. The molecule has 134 valence electrons. The lowest BCUT2D eigenvalue weighted by Crippen LogP contribution is -2.16. The fraction of sp³-hybridized carbons (Fsp3) is 0. The first-order chi connectivity index (χ1) is 13.0. The number of halogens is 2. The summed E-state index contributed by atoms with van der Waals surface area (Å²) in [6, 6.07) is 11.0. The van der Waals surface area contributed by atoms with Gasteiger partial charge >= 0.3 is 0 Å². The third-order valence-electron chi connectivity index (χ3n) is 3.93. The van der Waals surface area contributed by atoms with Crippen molar-refractivity contribution >= 4 is 38.6 Å². The van der Waals surface area contributed by atoms with E-state index in [-0.39, 0.29) is 11.1 Å². The number of amides is 1. The lowest BCUT2D eigenvalue weighted by molar-refractivity contribution is 0.102. The van der Waals surface area contributed by atoms with E-state index in [9.17, 15) is 14.0 Å². The van der Waals surface area contributed by atoms with Crippen LogP contribution in [0.25, 0.3) is 16.7 Å². The first kappa shape index (κ1) is 17.1. The molecule has 2 N–H and O–H groups in total. The molecule has 7 nitrogen and oxygen atoms in total. The van der Waals surface area contributed by atoms with Gasteiger partial charge in [0.2, 0.25) is 0 Å². The fourth-order valence-electron chi connectivity index (χ4n) is 2.66. The average molecular weight is 428 g/mol. The van der Waals surface area contributed by atoms with E-state index in [0.717, 1.165) is 0 Å². The van der Waals surface area contributed by atoms with Gasteiger partial charge in [0.05, 0.1) is 29.5 Å². The monoisotopic (exact) mass is 427 g/mol. The number of nitrogens with zero attached hydrogens (tertiary/aromatic N) is 3. The number of para-hydroxylation sites is 2. The van der Waals surface area contributed by atoms with E-state index in [1.165, 1.54) is 29.3 Å². The molecule has 0 aliphatic heterocycles. The molecular formula is C18H11BrFN5O2. The highest BCUT2D eigenvalue weighted by Crippen LogP contribution is 2.23. The zero-order valence-electron chi connectivity index (χ0n) is 13.6. The lowest BCUT2D eigenvalue weighted by Gasteiger charge is -2.12. The summed E-state index contributed by atoms with van der Waals surface area (Å²) in [7, 11) is 0. The summed E-state index contributed by atoms with van der Waals surface area (Å²) in [4.78, 5) is 31.0. The van der Waals surface area contributed by atoms with Crippen molar-refractivity contribution in [2.24, 2.45) is 0 Å². The molecule has 0 atom stereocenters. The Bertz CT molecular complexity index is 1230. The quantitative estimate of drug-likeness (QED) is 0.524. The van der Waals surface area contributed by atoms with Crippen LogP contribution in [0, 0.1) is 5.82 Å². The van der Waals surface area contributed by atoms with Crippen LogP contribution < -0.4 is 10.9 Å². The number of hydrogen-bond acceptors (Lipinski definition) is 4. The molecule has 9 heteroatoms. The molecule has 1 amide bonds. The van der Waals surface area contributed by atoms with Crippen molar-refractivity contribution in [2.75, 3.05) is 5.32 Å². The summed E-state index contributed by atoms with van der Waals surface area (Å²) >= 11 is 3.16. The highest BCUT2D eigenvalue weighted by molar-refractivity contribution is 9.10. The Labute approximate surface area is 160 Å². The number of nitrogens with one attached hydrogen (secondary N) is 2. The molecule has 4 aromatic rings. The second-order valence-corrected chi connectivity index (χ2v) is 6.54. The molecular weight excluding hydrogens is 417 g/mol. The van der Waals surface area contributed by atoms with Crippen LogP contribution in [0.15, 0.2) is 64.3 Å². The minimum Gasteiger partial charge on any atom is -0.320 e. The Morgan fingerprint density at radius 2 is 2.04 bits per heavy atom. The number of carbonyl (C=O) groups excluding carboxylic acids is 1. The normalized spacial score (nSPS) is 10.9. The van der Waals surface area contributed by atoms with Crippen LogP contribution in [0.4, 0.5) is 10.1 Å². The fourth-order valence-corrected chi connectivity index (χ4v) is 2.99. The number of rotatable bonds is 3. The molecule has 0 saturated carbocycles. The second kappa shape index (κ2) is 6.76. The van der Waals surface area contributed by atoms with Gasteiger partial charge in [-0.3, -0.25) is 9.59 Å². The number of anilines is 1. The van der Waals surface area contributed by atoms with Crippen molar-refractivity contribution in [3.05, 3.63) is 81.2 Å². The topological polar surface area (TPSA) is 92.7 Å². The van der Waals surface area contributed by atoms with Crippen LogP contribution in [0.2, 0.25) is 0 Å². The molecule has 0 fully saturated rings. The molecule has 0 spiro atoms. The van der Waals surface area contributed by atoms with Gasteiger partial charge in [0.15, 0.2) is 5.65 Å². The van der Waals surface area contributed by atoms with E-state index >= 15 is 0 Å². The molecule has 0 aliphatic carbocycles. The maximum Gasteiger partial charge on any atom is 0.261 e. The summed E-state index contributed by atoms with van der Waals surface area (Å²) in [6.07, 6.45) is 2.68. The first-order valence-electron chi connectivity index (χ1n) is 7.82. The van der Waals surface area contributed by atoms with Crippen LogP contribution >= 0.6 is 15.9 Å². The van der Waals surface area contributed by atoms with E-state index in [2.05, 4.69) is 36.3 Å². The third-order valence-corrected chi connectivity index (χ3v) is 4.42. The van der Waals surface area contributed by atoms with Gasteiger partial charge < -0.3 is 10.3 Å². The molecule has 0 saturated heterocycles. The van der Waals surface area contributed by atoms with Crippen molar-refractivity contribution in [3.63, 3.8) is 0 Å². The standard InChI is InChI=1S/C18H11BrFN5O2/c19-10-5-6-11(13(20)7-10)18(27)24-14-3-1-2-4-15(14)25-16-12(8-23-25)17(26)22-9-21-16/h1-9H,(H,24,27)(H,21,22,26). The highest BCUT2D eigenvalue weighted by atomic mass is 79.9. The van der Waals surface area contributed by atoms with Crippen LogP contribution in [-0.2, 0) is 0 Å². The molecule has 4 rings (SSSR count). The minimum absolute atomic E-state index is 0.0899. The Kier molecular flexibility index (Phi) is 4.28.